The van der Waals surface area contributed by atoms with Crippen molar-refractivity contribution in [3.63, 3.8) is 0 Å². The molecule has 1 saturated heterocycles. The summed E-state index contributed by atoms with van der Waals surface area (Å²) in [5.74, 6) is 0.655. The fourth-order valence-electron chi connectivity index (χ4n) is 2.05. The average molecular weight is 239 g/mol. The van der Waals surface area contributed by atoms with Crippen LogP contribution in [0.25, 0.3) is 0 Å². The van der Waals surface area contributed by atoms with E-state index in [4.69, 9.17) is 5.73 Å². The number of amides is 2. The van der Waals surface area contributed by atoms with Crippen molar-refractivity contribution < 1.29 is 4.79 Å². The number of nitrogens with zero attached hydrogens (tertiary/aromatic N) is 4. The Balaban J connectivity index is 1.80. The van der Waals surface area contributed by atoms with Crippen LogP contribution in [0.15, 0.2) is 0 Å². The second kappa shape index (κ2) is 5.09. The molecule has 0 spiro atoms. The second-order valence-corrected chi connectivity index (χ2v) is 4.26. The molecule has 94 valence electrons. The van der Waals surface area contributed by atoms with Gasteiger partial charge in [0.25, 0.3) is 0 Å². The van der Waals surface area contributed by atoms with Gasteiger partial charge in [0.15, 0.2) is 5.82 Å². The number of hydrogen-bond acceptors (Lipinski definition) is 5. The molecule has 17 heavy (non-hydrogen) atoms. The standard InChI is InChI=1S/C9H17N7O/c1-6(8-12-14-15-13-8)11-7-2-4-16(5-3-7)9(10)17/h6-7,11H,2-5H2,1H3,(H2,10,17)(H,12,13,14,15). The highest BCUT2D eigenvalue weighted by atomic mass is 16.2. The van der Waals surface area contributed by atoms with Crippen LogP contribution >= 0.6 is 0 Å². The quantitative estimate of drug-likeness (QED) is 0.651. The molecule has 1 aromatic heterocycles. The first-order valence-electron chi connectivity index (χ1n) is 5.70. The van der Waals surface area contributed by atoms with Crippen LogP contribution in [0, 0.1) is 0 Å². The maximum atomic E-state index is 11.0. The van der Waals surface area contributed by atoms with E-state index in [2.05, 4.69) is 25.9 Å². The number of likely N-dealkylation sites (tertiary alicyclic amines) is 1. The molecule has 2 amide bonds. The highest BCUT2D eigenvalue weighted by molar-refractivity contribution is 5.72. The lowest BCUT2D eigenvalue weighted by atomic mass is 10.0. The van der Waals surface area contributed by atoms with E-state index in [9.17, 15) is 4.79 Å². The monoisotopic (exact) mass is 239 g/mol. The fourth-order valence-corrected chi connectivity index (χ4v) is 2.05. The second-order valence-electron chi connectivity index (χ2n) is 4.26. The third-order valence-corrected chi connectivity index (χ3v) is 3.04. The predicted molar refractivity (Wildman–Crippen MR) is 59.9 cm³/mol. The third kappa shape index (κ3) is 2.90. The molecule has 1 unspecified atom stereocenters. The van der Waals surface area contributed by atoms with Gasteiger partial charge in [-0.1, -0.05) is 5.21 Å². The lowest BCUT2D eigenvalue weighted by Crippen LogP contribution is -2.47. The average Bonchev–Trinajstić information content (AvgIpc) is 2.83. The van der Waals surface area contributed by atoms with E-state index in [-0.39, 0.29) is 12.1 Å². The van der Waals surface area contributed by atoms with Gasteiger partial charge in [-0.15, -0.1) is 10.2 Å². The van der Waals surface area contributed by atoms with E-state index < -0.39 is 0 Å². The van der Waals surface area contributed by atoms with Crippen molar-refractivity contribution in [3.8, 4) is 0 Å². The first-order valence-corrected chi connectivity index (χ1v) is 5.70. The molecule has 8 heteroatoms. The van der Waals surface area contributed by atoms with Gasteiger partial charge in [0, 0.05) is 19.1 Å². The smallest absolute Gasteiger partial charge is 0.314 e. The molecule has 2 rings (SSSR count). The minimum absolute atomic E-state index is 0.0545. The Morgan fingerprint density at radius 2 is 2.29 bits per heavy atom. The Morgan fingerprint density at radius 3 is 2.82 bits per heavy atom. The van der Waals surface area contributed by atoms with Crippen LogP contribution in [0.4, 0.5) is 4.79 Å². The number of aromatic nitrogens is 4. The van der Waals surface area contributed by atoms with E-state index in [0.29, 0.717) is 25.0 Å². The molecule has 4 N–H and O–H groups in total. The Morgan fingerprint density at radius 1 is 1.59 bits per heavy atom. The van der Waals surface area contributed by atoms with E-state index in [1.165, 1.54) is 0 Å². The van der Waals surface area contributed by atoms with E-state index in [1.54, 1.807) is 4.90 Å². The van der Waals surface area contributed by atoms with E-state index >= 15 is 0 Å². The molecule has 1 aromatic rings. The number of nitrogens with two attached hydrogens (primary N) is 1. The van der Waals surface area contributed by atoms with Gasteiger partial charge in [0.1, 0.15) is 0 Å². The molecule has 0 aromatic carbocycles. The van der Waals surface area contributed by atoms with Crippen LogP contribution in [-0.2, 0) is 0 Å². The van der Waals surface area contributed by atoms with Crippen LogP contribution < -0.4 is 11.1 Å². The SMILES string of the molecule is CC(NC1CCN(C(N)=O)CC1)c1nn[nH]n1. The number of hydrogen-bond donors (Lipinski definition) is 3. The van der Waals surface area contributed by atoms with Gasteiger partial charge < -0.3 is 16.0 Å². The zero-order valence-electron chi connectivity index (χ0n) is 9.76. The normalized spacial score (nSPS) is 19.2. The minimum Gasteiger partial charge on any atom is -0.351 e. The van der Waals surface area contributed by atoms with Crippen molar-refractivity contribution in [3.05, 3.63) is 5.82 Å². The summed E-state index contributed by atoms with van der Waals surface area (Å²) >= 11 is 0. The van der Waals surface area contributed by atoms with E-state index in [1.807, 2.05) is 6.92 Å². The number of primary amides is 1. The Labute approximate surface area is 98.9 Å². The lowest BCUT2D eigenvalue weighted by molar-refractivity contribution is 0.182. The van der Waals surface area contributed by atoms with Gasteiger partial charge >= 0.3 is 6.03 Å². The molecular formula is C9H17N7O. The Bertz CT molecular complexity index is 357. The first-order chi connectivity index (χ1) is 8.16. The molecule has 1 aliphatic heterocycles. The van der Waals surface area contributed by atoms with Gasteiger partial charge in [0.05, 0.1) is 6.04 Å². The third-order valence-electron chi connectivity index (χ3n) is 3.04. The topological polar surface area (TPSA) is 113 Å². The van der Waals surface area contributed by atoms with Crippen LogP contribution in [0.5, 0.6) is 0 Å². The van der Waals surface area contributed by atoms with Crippen molar-refractivity contribution in [2.75, 3.05) is 13.1 Å². The first kappa shape index (κ1) is 11.8. The summed E-state index contributed by atoms with van der Waals surface area (Å²) in [5, 5.41) is 17.2. The summed E-state index contributed by atoms with van der Waals surface area (Å²) in [7, 11) is 0. The van der Waals surface area contributed by atoms with Crippen molar-refractivity contribution in [2.45, 2.75) is 31.8 Å². The molecule has 1 atom stereocenters. The number of nitrogens with one attached hydrogen (secondary N) is 2. The molecule has 0 saturated carbocycles. The zero-order valence-corrected chi connectivity index (χ0v) is 9.76. The molecule has 8 nitrogen and oxygen atoms in total. The number of tetrazole rings is 1. The Hall–Kier alpha value is -1.70. The van der Waals surface area contributed by atoms with Crippen LogP contribution in [-0.4, -0.2) is 50.7 Å². The molecule has 1 fully saturated rings. The fraction of sp³-hybridized carbons (Fsp3) is 0.778. The summed E-state index contributed by atoms with van der Waals surface area (Å²) < 4.78 is 0. The van der Waals surface area contributed by atoms with Gasteiger partial charge in [0.2, 0.25) is 0 Å². The number of H-pyrrole nitrogens is 1. The largest absolute Gasteiger partial charge is 0.351 e. The van der Waals surface area contributed by atoms with Crippen LogP contribution in [0.1, 0.15) is 31.6 Å². The van der Waals surface area contributed by atoms with Crippen molar-refractivity contribution in [1.29, 1.82) is 0 Å². The van der Waals surface area contributed by atoms with Crippen LogP contribution in [0.2, 0.25) is 0 Å². The lowest BCUT2D eigenvalue weighted by Gasteiger charge is -2.32. The maximum absolute atomic E-state index is 11.0. The number of aromatic amines is 1. The Kier molecular flexibility index (Phi) is 3.52. The summed E-state index contributed by atoms with van der Waals surface area (Å²) in [4.78, 5) is 12.6. The number of piperidine rings is 1. The van der Waals surface area contributed by atoms with Gasteiger partial charge in [-0.2, -0.15) is 5.21 Å². The maximum Gasteiger partial charge on any atom is 0.314 e. The summed E-state index contributed by atoms with van der Waals surface area (Å²) in [6.45, 7) is 3.39. The van der Waals surface area contributed by atoms with E-state index in [0.717, 1.165) is 12.8 Å². The van der Waals surface area contributed by atoms with Gasteiger partial charge in [-0.3, -0.25) is 0 Å². The zero-order chi connectivity index (χ0) is 12.3. The molecule has 0 radical (unpaired) electrons. The van der Waals surface area contributed by atoms with Gasteiger partial charge in [-0.25, -0.2) is 4.79 Å². The summed E-state index contributed by atoms with van der Waals surface area (Å²) in [6.07, 6.45) is 1.79. The molecule has 2 heterocycles. The van der Waals surface area contributed by atoms with Crippen molar-refractivity contribution in [2.24, 2.45) is 5.73 Å². The van der Waals surface area contributed by atoms with Crippen molar-refractivity contribution in [1.82, 2.24) is 30.8 Å². The molecule has 0 bridgehead atoms. The van der Waals surface area contributed by atoms with Crippen molar-refractivity contribution >= 4 is 6.03 Å². The number of carbonyl (C=O) groups excluding carboxylic acids is 1. The molecule has 0 aliphatic carbocycles. The highest BCUT2D eigenvalue weighted by Gasteiger charge is 2.23. The predicted octanol–water partition coefficient (Wildman–Crippen LogP) is -0.607. The minimum atomic E-state index is -0.338. The molecular weight excluding hydrogens is 222 g/mol. The van der Waals surface area contributed by atoms with Crippen LogP contribution in [0.3, 0.4) is 0 Å². The number of rotatable bonds is 3. The number of urea groups is 1. The number of carbonyl (C=O) groups is 1. The summed E-state index contributed by atoms with van der Waals surface area (Å²) in [6, 6.07) is 0.0765. The molecule has 1 aliphatic rings. The highest BCUT2D eigenvalue weighted by Crippen LogP contribution is 2.14. The van der Waals surface area contributed by atoms with Gasteiger partial charge in [-0.05, 0) is 19.8 Å². The summed E-state index contributed by atoms with van der Waals surface area (Å²) in [5.41, 5.74) is 5.23.